The molecule has 3 rings (SSSR count). The van der Waals surface area contributed by atoms with Gasteiger partial charge in [0.25, 0.3) is 0 Å². The van der Waals surface area contributed by atoms with E-state index >= 15 is 0 Å². The fraction of sp³-hybridized carbons (Fsp3) is 0.100. The van der Waals surface area contributed by atoms with E-state index in [0.717, 1.165) is 11.6 Å². The first-order valence-electron chi connectivity index (χ1n) is 8.20. The van der Waals surface area contributed by atoms with Crippen LogP contribution in [0.4, 0.5) is 19.0 Å². The van der Waals surface area contributed by atoms with Gasteiger partial charge < -0.3 is 5.11 Å². The van der Waals surface area contributed by atoms with Gasteiger partial charge in [-0.15, -0.1) is 0 Å². The lowest BCUT2D eigenvalue weighted by atomic mass is 10.2. The molecule has 4 nitrogen and oxygen atoms in total. The van der Waals surface area contributed by atoms with Crippen LogP contribution in [0.15, 0.2) is 77.7 Å². The highest BCUT2D eigenvalue weighted by molar-refractivity contribution is 8.00. The number of carbonyl (C=O) groups is 1. The molecule has 0 saturated carbocycles. The fourth-order valence-corrected chi connectivity index (χ4v) is 3.34. The number of benzene rings is 2. The van der Waals surface area contributed by atoms with Crippen molar-refractivity contribution in [1.29, 1.82) is 0 Å². The number of carboxylic acid groups (broad SMARTS) is 1. The lowest BCUT2D eigenvalue weighted by Gasteiger charge is -2.23. The summed E-state index contributed by atoms with van der Waals surface area (Å²) in [4.78, 5) is 15.4. The SMILES string of the molecule is O=C(O)c1ccc(SN(Cc2ccccc2)c2cccc(C(F)(F)F)n2)cc1. The number of alkyl halides is 3. The third-order valence-corrected chi connectivity index (χ3v) is 4.79. The van der Waals surface area contributed by atoms with Gasteiger partial charge in [-0.25, -0.2) is 9.78 Å². The van der Waals surface area contributed by atoms with E-state index in [2.05, 4.69) is 4.98 Å². The number of aromatic nitrogens is 1. The highest BCUT2D eigenvalue weighted by atomic mass is 32.2. The number of carboxylic acids is 1. The van der Waals surface area contributed by atoms with Crippen LogP contribution in [0.2, 0.25) is 0 Å². The Kier molecular flexibility index (Phi) is 5.89. The van der Waals surface area contributed by atoms with E-state index in [1.54, 1.807) is 16.4 Å². The lowest BCUT2D eigenvalue weighted by molar-refractivity contribution is -0.141. The Morgan fingerprint density at radius 1 is 0.964 bits per heavy atom. The maximum Gasteiger partial charge on any atom is 0.433 e. The van der Waals surface area contributed by atoms with Crippen LogP contribution in [-0.2, 0) is 12.7 Å². The minimum atomic E-state index is -4.54. The highest BCUT2D eigenvalue weighted by Crippen LogP contribution is 2.33. The van der Waals surface area contributed by atoms with Gasteiger partial charge in [0.1, 0.15) is 11.5 Å². The van der Waals surface area contributed by atoms with E-state index in [1.165, 1.54) is 36.2 Å². The van der Waals surface area contributed by atoms with Gasteiger partial charge in [0.2, 0.25) is 0 Å². The van der Waals surface area contributed by atoms with E-state index in [4.69, 9.17) is 5.11 Å². The Bertz CT molecular complexity index is 948. The van der Waals surface area contributed by atoms with E-state index in [-0.39, 0.29) is 11.4 Å². The summed E-state index contributed by atoms with van der Waals surface area (Å²) in [6, 6.07) is 19.2. The molecular formula is C20H15F3N2O2S. The van der Waals surface area contributed by atoms with Crippen LogP contribution in [0, 0.1) is 0 Å². The zero-order chi connectivity index (χ0) is 20.1. The number of pyridine rings is 1. The first-order valence-corrected chi connectivity index (χ1v) is 8.97. The Hall–Kier alpha value is -3.00. The standard InChI is InChI=1S/C20H15F3N2O2S/c21-20(22,23)17-7-4-8-18(24-17)25(13-14-5-2-1-3-6-14)28-16-11-9-15(10-12-16)19(26)27/h1-12H,13H2,(H,26,27). The summed E-state index contributed by atoms with van der Waals surface area (Å²) in [5, 5.41) is 9.00. The van der Waals surface area contributed by atoms with Gasteiger partial charge in [0, 0.05) is 4.90 Å². The Labute approximate surface area is 163 Å². The number of hydrogen-bond donors (Lipinski definition) is 1. The molecule has 1 heterocycles. The number of rotatable bonds is 6. The normalized spacial score (nSPS) is 11.2. The maximum absolute atomic E-state index is 13.1. The molecule has 0 amide bonds. The summed E-state index contributed by atoms with van der Waals surface area (Å²) in [5.41, 5.74) is 0.0670. The molecule has 0 aliphatic carbocycles. The van der Waals surface area contributed by atoms with E-state index < -0.39 is 17.8 Å². The summed E-state index contributed by atoms with van der Waals surface area (Å²) < 4.78 is 40.8. The molecule has 0 fully saturated rings. The molecule has 0 atom stereocenters. The topological polar surface area (TPSA) is 53.4 Å². The average Bonchev–Trinajstić information content (AvgIpc) is 2.68. The Morgan fingerprint density at radius 3 is 2.25 bits per heavy atom. The molecule has 0 bridgehead atoms. The molecule has 28 heavy (non-hydrogen) atoms. The molecule has 0 radical (unpaired) electrons. The van der Waals surface area contributed by atoms with Gasteiger partial charge in [-0.1, -0.05) is 36.4 Å². The van der Waals surface area contributed by atoms with Gasteiger partial charge in [-0.3, -0.25) is 4.31 Å². The van der Waals surface area contributed by atoms with Crippen molar-refractivity contribution in [3.05, 3.63) is 89.6 Å². The minimum absolute atomic E-state index is 0.135. The minimum Gasteiger partial charge on any atom is -0.478 e. The summed E-state index contributed by atoms with van der Waals surface area (Å²) in [6.45, 7) is 0.320. The number of nitrogens with zero attached hydrogens (tertiary/aromatic N) is 2. The summed E-state index contributed by atoms with van der Waals surface area (Å²) in [6.07, 6.45) is -4.54. The molecule has 144 valence electrons. The zero-order valence-corrected chi connectivity index (χ0v) is 15.2. The second-order valence-electron chi connectivity index (χ2n) is 5.82. The number of hydrogen-bond acceptors (Lipinski definition) is 4. The molecule has 0 spiro atoms. The Morgan fingerprint density at radius 2 is 1.64 bits per heavy atom. The first kappa shape index (κ1) is 19.8. The predicted molar refractivity (Wildman–Crippen MR) is 101 cm³/mol. The molecule has 0 saturated heterocycles. The van der Waals surface area contributed by atoms with Crippen LogP contribution in [0.1, 0.15) is 21.6 Å². The zero-order valence-electron chi connectivity index (χ0n) is 14.4. The largest absolute Gasteiger partial charge is 0.478 e. The van der Waals surface area contributed by atoms with Crippen LogP contribution in [0.3, 0.4) is 0 Å². The van der Waals surface area contributed by atoms with E-state index in [0.29, 0.717) is 11.4 Å². The smallest absolute Gasteiger partial charge is 0.433 e. The van der Waals surface area contributed by atoms with Gasteiger partial charge in [0.05, 0.1) is 12.1 Å². The first-order chi connectivity index (χ1) is 13.3. The van der Waals surface area contributed by atoms with Crippen LogP contribution in [0.25, 0.3) is 0 Å². The number of aromatic carboxylic acids is 1. The molecule has 0 aliphatic heterocycles. The second-order valence-corrected chi connectivity index (χ2v) is 6.92. The van der Waals surface area contributed by atoms with Crippen molar-refractivity contribution in [2.45, 2.75) is 17.6 Å². The summed E-state index contributed by atoms with van der Waals surface area (Å²) in [7, 11) is 0. The third kappa shape index (κ3) is 5.04. The lowest BCUT2D eigenvalue weighted by Crippen LogP contribution is -2.17. The van der Waals surface area contributed by atoms with Crippen molar-refractivity contribution in [3.63, 3.8) is 0 Å². The highest BCUT2D eigenvalue weighted by Gasteiger charge is 2.33. The van der Waals surface area contributed by atoms with Gasteiger partial charge >= 0.3 is 12.1 Å². The van der Waals surface area contributed by atoms with Crippen LogP contribution < -0.4 is 4.31 Å². The van der Waals surface area contributed by atoms with Crippen molar-refractivity contribution in [1.82, 2.24) is 4.98 Å². The maximum atomic E-state index is 13.1. The molecule has 3 aromatic rings. The quantitative estimate of drug-likeness (QED) is 0.549. The summed E-state index contributed by atoms with van der Waals surface area (Å²) in [5.74, 6) is -0.886. The number of anilines is 1. The van der Waals surface area contributed by atoms with Crippen molar-refractivity contribution in [3.8, 4) is 0 Å². The number of halogens is 3. The van der Waals surface area contributed by atoms with Crippen molar-refractivity contribution in [2.24, 2.45) is 0 Å². The van der Waals surface area contributed by atoms with Crippen LogP contribution in [0.5, 0.6) is 0 Å². The fourth-order valence-electron chi connectivity index (χ4n) is 2.41. The third-order valence-electron chi connectivity index (χ3n) is 3.77. The summed E-state index contributed by atoms with van der Waals surface area (Å²) >= 11 is 1.19. The second kappa shape index (κ2) is 8.35. The van der Waals surface area contributed by atoms with Crippen LogP contribution >= 0.6 is 11.9 Å². The molecule has 1 N–H and O–H groups in total. The van der Waals surface area contributed by atoms with E-state index in [9.17, 15) is 18.0 Å². The van der Waals surface area contributed by atoms with Gasteiger partial charge in [0.15, 0.2) is 0 Å². The van der Waals surface area contributed by atoms with Gasteiger partial charge in [-0.2, -0.15) is 13.2 Å². The monoisotopic (exact) mass is 404 g/mol. The van der Waals surface area contributed by atoms with Crippen LogP contribution in [-0.4, -0.2) is 16.1 Å². The van der Waals surface area contributed by atoms with Crippen molar-refractivity contribution < 1.29 is 23.1 Å². The van der Waals surface area contributed by atoms with Gasteiger partial charge in [-0.05, 0) is 53.9 Å². The molecular weight excluding hydrogens is 389 g/mol. The molecule has 8 heteroatoms. The molecule has 0 unspecified atom stereocenters. The predicted octanol–water partition coefficient (Wildman–Crippen LogP) is 5.51. The molecule has 0 aliphatic rings. The van der Waals surface area contributed by atoms with Crippen molar-refractivity contribution >= 4 is 23.7 Å². The molecule has 2 aromatic carbocycles. The Balaban J connectivity index is 1.92. The van der Waals surface area contributed by atoms with Crippen molar-refractivity contribution in [2.75, 3.05) is 4.31 Å². The van der Waals surface area contributed by atoms with E-state index in [1.807, 2.05) is 30.3 Å². The average molecular weight is 404 g/mol. The molecule has 1 aromatic heterocycles.